The van der Waals surface area contributed by atoms with Crippen molar-refractivity contribution in [2.45, 2.75) is 19.8 Å². The second kappa shape index (κ2) is 4.96. The van der Waals surface area contributed by atoms with Crippen molar-refractivity contribution in [2.75, 3.05) is 13.1 Å². The molecule has 0 saturated carbocycles. The quantitative estimate of drug-likeness (QED) is 0.830. The van der Waals surface area contributed by atoms with Crippen LogP contribution in [0.25, 0.3) is 11.5 Å². The normalized spacial score (nSPS) is 19.6. The van der Waals surface area contributed by atoms with E-state index in [0.29, 0.717) is 23.2 Å². The Morgan fingerprint density at radius 2 is 2.21 bits per heavy atom. The standard InChI is InChI=1S/C15H17NO3/c1-11-4-2-8-16(10-11)15(17)14-7-6-13(19-14)12-5-3-9-18-12/h3,5-7,9,11H,2,4,8,10H2,1H3/t11-/m0/s1. The highest BCUT2D eigenvalue weighted by molar-refractivity contribution is 5.92. The van der Waals surface area contributed by atoms with Gasteiger partial charge in [-0.3, -0.25) is 4.79 Å². The average Bonchev–Trinajstić information content (AvgIpc) is 3.08. The molecule has 0 aromatic carbocycles. The van der Waals surface area contributed by atoms with Gasteiger partial charge in [0.15, 0.2) is 17.3 Å². The van der Waals surface area contributed by atoms with Crippen molar-refractivity contribution in [2.24, 2.45) is 5.92 Å². The van der Waals surface area contributed by atoms with Crippen LogP contribution in [0.15, 0.2) is 39.4 Å². The largest absolute Gasteiger partial charge is 0.461 e. The summed E-state index contributed by atoms with van der Waals surface area (Å²) in [7, 11) is 0. The molecule has 1 atom stereocenters. The summed E-state index contributed by atoms with van der Waals surface area (Å²) in [4.78, 5) is 14.2. The van der Waals surface area contributed by atoms with E-state index < -0.39 is 0 Å². The van der Waals surface area contributed by atoms with Gasteiger partial charge in [-0.2, -0.15) is 0 Å². The van der Waals surface area contributed by atoms with Crippen LogP contribution in [0.5, 0.6) is 0 Å². The fraction of sp³-hybridized carbons (Fsp3) is 0.400. The molecule has 2 aromatic heterocycles. The van der Waals surface area contributed by atoms with Crippen LogP contribution in [0.2, 0.25) is 0 Å². The van der Waals surface area contributed by atoms with E-state index in [4.69, 9.17) is 8.83 Å². The summed E-state index contributed by atoms with van der Waals surface area (Å²) >= 11 is 0. The fourth-order valence-electron chi connectivity index (χ4n) is 2.53. The third-order valence-electron chi connectivity index (χ3n) is 3.53. The summed E-state index contributed by atoms with van der Waals surface area (Å²) in [5.41, 5.74) is 0. The highest BCUT2D eigenvalue weighted by Crippen LogP contribution is 2.24. The molecule has 19 heavy (non-hydrogen) atoms. The smallest absolute Gasteiger partial charge is 0.289 e. The van der Waals surface area contributed by atoms with Crippen LogP contribution in [0, 0.1) is 5.92 Å². The van der Waals surface area contributed by atoms with E-state index in [1.54, 1.807) is 24.5 Å². The molecule has 0 bridgehead atoms. The van der Waals surface area contributed by atoms with Gasteiger partial charge in [0.25, 0.3) is 5.91 Å². The number of piperidine rings is 1. The molecule has 100 valence electrons. The lowest BCUT2D eigenvalue weighted by Crippen LogP contribution is -2.38. The molecule has 1 amide bonds. The Labute approximate surface area is 112 Å². The molecule has 1 saturated heterocycles. The highest BCUT2D eigenvalue weighted by atomic mass is 16.4. The van der Waals surface area contributed by atoms with Gasteiger partial charge in [0, 0.05) is 13.1 Å². The Morgan fingerprint density at radius 1 is 1.32 bits per heavy atom. The number of hydrogen-bond acceptors (Lipinski definition) is 3. The second-order valence-electron chi connectivity index (χ2n) is 5.14. The lowest BCUT2D eigenvalue weighted by molar-refractivity contribution is 0.0651. The molecular weight excluding hydrogens is 242 g/mol. The minimum Gasteiger partial charge on any atom is -0.461 e. The Kier molecular flexibility index (Phi) is 3.15. The van der Waals surface area contributed by atoms with E-state index in [2.05, 4.69) is 6.92 Å². The summed E-state index contributed by atoms with van der Waals surface area (Å²) in [6, 6.07) is 7.11. The Balaban J connectivity index is 1.77. The van der Waals surface area contributed by atoms with Gasteiger partial charge in [0.05, 0.1) is 6.26 Å². The third kappa shape index (κ3) is 2.43. The molecule has 1 aliphatic rings. The molecule has 0 N–H and O–H groups in total. The van der Waals surface area contributed by atoms with Crippen LogP contribution < -0.4 is 0 Å². The molecule has 1 fully saturated rings. The van der Waals surface area contributed by atoms with Crippen LogP contribution in [0.1, 0.15) is 30.3 Å². The summed E-state index contributed by atoms with van der Waals surface area (Å²) in [6.07, 6.45) is 3.85. The lowest BCUT2D eigenvalue weighted by Gasteiger charge is -2.30. The Hall–Kier alpha value is -1.97. The number of carbonyl (C=O) groups excluding carboxylic acids is 1. The van der Waals surface area contributed by atoms with Crippen LogP contribution in [0.3, 0.4) is 0 Å². The van der Waals surface area contributed by atoms with Gasteiger partial charge in [-0.25, -0.2) is 0 Å². The van der Waals surface area contributed by atoms with Gasteiger partial charge in [-0.15, -0.1) is 0 Å². The number of likely N-dealkylation sites (tertiary alicyclic amines) is 1. The van der Waals surface area contributed by atoms with Crippen molar-refractivity contribution < 1.29 is 13.6 Å². The van der Waals surface area contributed by atoms with Crippen LogP contribution >= 0.6 is 0 Å². The minimum absolute atomic E-state index is 0.0237. The maximum Gasteiger partial charge on any atom is 0.289 e. The summed E-state index contributed by atoms with van der Waals surface area (Å²) in [5, 5.41) is 0. The number of rotatable bonds is 2. The molecule has 0 unspecified atom stereocenters. The molecule has 1 aliphatic heterocycles. The molecule has 2 aromatic rings. The number of furan rings is 2. The van der Waals surface area contributed by atoms with E-state index in [1.807, 2.05) is 11.0 Å². The highest BCUT2D eigenvalue weighted by Gasteiger charge is 2.24. The molecule has 0 spiro atoms. The zero-order valence-corrected chi connectivity index (χ0v) is 11.0. The number of carbonyl (C=O) groups is 1. The van der Waals surface area contributed by atoms with E-state index in [0.717, 1.165) is 19.5 Å². The SMILES string of the molecule is C[C@H]1CCCN(C(=O)c2ccc(-c3ccco3)o2)C1. The molecule has 4 heteroatoms. The van der Waals surface area contributed by atoms with Gasteiger partial charge < -0.3 is 13.7 Å². The van der Waals surface area contributed by atoms with Gasteiger partial charge in [0.2, 0.25) is 0 Å². The molecular formula is C15H17NO3. The topological polar surface area (TPSA) is 46.6 Å². The van der Waals surface area contributed by atoms with E-state index in [1.165, 1.54) is 6.42 Å². The van der Waals surface area contributed by atoms with Gasteiger partial charge >= 0.3 is 0 Å². The van der Waals surface area contributed by atoms with Crippen LogP contribution in [-0.2, 0) is 0 Å². The first kappa shape index (κ1) is 12.1. The first-order valence-electron chi connectivity index (χ1n) is 6.67. The minimum atomic E-state index is -0.0237. The summed E-state index contributed by atoms with van der Waals surface area (Å²) in [6.45, 7) is 3.81. The maximum atomic E-state index is 12.3. The van der Waals surface area contributed by atoms with E-state index in [9.17, 15) is 4.79 Å². The lowest BCUT2D eigenvalue weighted by atomic mass is 10.0. The maximum absolute atomic E-state index is 12.3. The molecule has 3 rings (SSSR count). The summed E-state index contributed by atoms with van der Waals surface area (Å²) < 4.78 is 10.8. The third-order valence-corrected chi connectivity index (χ3v) is 3.53. The first-order valence-corrected chi connectivity index (χ1v) is 6.67. The van der Waals surface area contributed by atoms with Gasteiger partial charge in [-0.05, 0) is 43.0 Å². The van der Waals surface area contributed by atoms with E-state index >= 15 is 0 Å². The van der Waals surface area contributed by atoms with Crippen molar-refractivity contribution in [1.82, 2.24) is 4.90 Å². The number of nitrogens with zero attached hydrogens (tertiary/aromatic N) is 1. The van der Waals surface area contributed by atoms with Crippen molar-refractivity contribution in [3.8, 4) is 11.5 Å². The van der Waals surface area contributed by atoms with Crippen LogP contribution in [-0.4, -0.2) is 23.9 Å². The Bertz CT molecular complexity index is 556. The van der Waals surface area contributed by atoms with Crippen molar-refractivity contribution in [3.63, 3.8) is 0 Å². The molecule has 3 heterocycles. The Morgan fingerprint density at radius 3 is 2.95 bits per heavy atom. The predicted octanol–water partition coefficient (Wildman–Crippen LogP) is 3.41. The average molecular weight is 259 g/mol. The molecule has 4 nitrogen and oxygen atoms in total. The van der Waals surface area contributed by atoms with E-state index in [-0.39, 0.29) is 5.91 Å². The van der Waals surface area contributed by atoms with Gasteiger partial charge in [-0.1, -0.05) is 6.92 Å². The molecule has 0 aliphatic carbocycles. The first-order chi connectivity index (χ1) is 9.24. The molecule has 0 radical (unpaired) electrons. The zero-order valence-electron chi connectivity index (χ0n) is 11.0. The van der Waals surface area contributed by atoms with Crippen molar-refractivity contribution in [1.29, 1.82) is 0 Å². The zero-order chi connectivity index (χ0) is 13.2. The predicted molar refractivity (Wildman–Crippen MR) is 70.7 cm³/mol. The van der Waals surface area contributed by atoms with Crippen molar-refractivity contribution >= 4 is 5.91 Å². The number of hydrogen-bond donors (Lipinski definition) is 0. The fourth-order valence-corrected chi connectivity index (χ4v) is 2.53. The van der Waals surface area contributed by atoms with Gasteiger partial charge in [0.1, 0.15) is 0 Å². The number of amides is 1. The summed E-state index contributed by atoms with van der Waals surface area (Å²) in [5.74, 6) is 2.17. The monoisotopic (exact) mass is 259 g/mol. The van der Waals surface area contributed by atoms with Crippen molar-refractivity contribution in [3.05, 3.63) is 36.3 Å². The van der Waals surface area contributed by atoms with Crippen LogP contribution in [0.4, 0.5) is 0 Å². The second-order valence-corrected chi connectivity index (χ2v) is 5.14.